The number of hydrogen-bond acceptors (Lipinski definition) is 6. The lowest BCUT2D eigenvalue weighted by atomic mass is 10.2. The average molecular weight is 414 g/mol. The summed E-state index contributed by atoms with van der Waals surface area (Å²) in [5.74, 6) is 0.255. The lowest BCUT2D eigenvalue weighted by molar-refractivity contribution is -0.384. The van der Waals surface area contributed by atoms with Gasteiger partial charge in [0.05, 0.1) is 20.3 Å². The summed E-state index contributed by atoms with van der Waals surface area (Å²) in [5.41, 5.74) is 1.11. The Labute approximate surface area is 164 Å². The number of aromatic nitrogens is 2. The van der Waals surface area contributed by atoms with E-state index < -0.39 is 14.9 Å². The van der Waals surface area contributed by atoms with E-state index in [4.69, 9.17) is 0 Å². The number of hydrogen-bond donors (Lipinski definition) is 2. The van der Waals surface area contributed by atoms with E-state index in [2.05, 4.69) is 14.7 Å². The maximum absolute atomic E-state index is 13.0. The van der Waals surface area contributed by atoms with Gasteiger partial charge in [-0.25, -0.2) is 13.4 Å². The van der Waals surface area contributed by atoms with E-state index >= 15 is 0 Å². The van der Waals surface area contributed by atoms with Crippen molar-refractivity contribution in [3.63, 3.8) is 0 Å². The van der Waals surface area contributed by atoms with E-state index in [1.807, 2.05) is 30.3 Å². The molecule has 2 heterocycles. The Morgan fingerprint density at radius 2 is 1.93 bits per heavy atom. The molecule has 2 aromatic carbocycles. The van der Waals surface area contributed by atoms with Crippen LogP contribution in [0.2, 0.25) is 0 Å². The van der Waals surface area contributed by atoms with Crippen molar-refractivity contribution in [2.24, 2.45) is 0 Å². The van der Waals surface area contributed by atoms with Gasteiger partial charge in [-0.3, -0.25) is 14.8 Å². The highest BCUT2D eigenvalue weighted by atomic mass is 32.2. The molecule has 2 N–H and O–H groups in total. The zero-order valence-corrected chi connectivity index (χ0v) is 16.2. The third-order valence-electron chi connectivity index (χ3n) is 4.13. The van der Waals surface area contributed by atoms with E-state index in [9.17, 15) is 18.5 Å². The number of nitro groups is 1. The molecular weight excluding hydrogens is 400 g/mol. The highest BCUT2D eigenvalue weighted by Gasteiger charge is 2.23. The van der Waals surface area contributed by atoms with Crippen molar-refractivity contribution >= 4 is 43.8 Å². The largest absolute Gasteiger partial charge is 0.360 e. The van der Waals surface area contributed by atoms with Gasteiger partial charge in [-0.15, -0.1) is 11.3 Å². The summed E-state index contributed by atoms with van der Waals surface area (Å²) < 4.78 is 28.5. The lowest BCUT2D eigenvalue weighted by Gasteiger charge is -2.07. The number of aromatic amines is 1. The first-order valence-corrected chi connectivity index (χ1v) is 10.5. The zero-order valence-electron chi connectivity index (χ0n) is 14.5. The first-order valence-electron chi connectivity index (χ1n) is 8.16. The van der Waals surface area contributed by atoms with Gasteiger partial charge < -0.3 is 4.98 Å². The third-order valence-corrected chi connectivity index (χ3v) is 6.53. The number of benzene rings is 2. The second-order valence-corrected chi connectivity index (χ2v) is 8.88. The number of nitrogens with zero attached hydrogens (tertiary/aromatic N) is 2. The Hall–Kier alpha value is -3.24. The van der Waals surface area contributed by atoms with Gasteiger partial charge >= 0.3 is 0 Å². The number of nitro benzene ring substituents is 1. The SMILES string of the molecule is Cc1nc(NS(=O)(=O)c2c[nH]c3cc([N+](=O)[O-])ccc23)c(-c2ccccc2)s1. The molecule has 0 saturated heterocycles. The van der Waals surface area contributed by atoms with E-state index in [1.165, 1.54) is 35.7 Å². The minimum atomic E-state index is -3.95. The molecule has 0 aliphatic heterocycles. The number of H-pyrrole nitrogens is 1. The van der Waals surface area contributed by atoms with Crippen LogP contribution in [0.15, 0.2) is 59.6 Å². The second-order valence-electron chi connectivity index (χ2n) is 6.02. The number of nitrogens with one attached hydrogen (secondary N) is 2. The number of non-ortho nitro benzene ring substituents is 1. The molecule has 10 heteroatoms. The smallest absolute Gasteiger partial charge is 0.271 e. The Kier molecular flexibility index (Phi) is 4.36. The van der Waals surface area contributed by atoms with Crippen LogP contribution >= 0.6 is 11.3 Å². The average Bonchev–Trinajstić information content (AvgIpc) is 3.25. The standard InChI is InChI=1S/C18H14N4O4S2/c1-11-20-18(17(27-11)12-5-3-2-4-6-12)21-28(25,26)16-10-19-15-9-13(22(23)24)7-8-14(15)16/h2-10,19,21H,1H3. The molecule has 0 spiro atoms. The number of thiazole rings is 1. The normalized spacial score (nSPS) is 11.6. The number of fused-ring (bicyclic) bond motifs is 1. The fourth-order valence-corrected chi connectivity index (χ4v) is 5.03. The van der Waals surface area contributed by atoms with Gasteiger partial charge in [0.1, 0.15) is 4.90 Å². The first-order chi connectivity index (χ1) is 13.3. The number of aryl methyl sites for hydroxylation is 1. The maximum Gasteiger partial charge on any atom is 0.271 e. The van der Waals surface area contributed by atoms with Gasteiger partial charge in [0.2, 0.25) is 0 Å². The van der Waals surface area contributed by atoms with Gasteiger partial charge in [0, 0.05) is 23.7 Å². The van der Waals surface area contributed by atoms with Crippen molar-refractivity contribution in [1.82, 2.24) is 9.97 Å². The summed E-state index contributed by atoms with van der Waals surface area (Å²) in [6.45, 7) is 1.81. The number of sulfonamides is 1. The fraction of sp³-hybridized carbons (Fsp3) is 0.0556. The minimum Gasteiger partial charge on any atom is -0.360 e. The van der Waals surface area contributed by atoms with Crippen LogP contribution in [0.25, 0.3) is 21.3 Å². The van der Waals surface area contributed by atoms with Crippen LogP contribution in [-0.4, -0.2) is 23.3 Å². The summed E-state index contributed by atoms with van der Waals surface area (Å²) in [4.78, 5) is 18.2. The van der Waals surface area contributed by atoms with Crippen molar-refractivity contribution in [1.29, 1.82) is 0 Å². The molecule has 0 fully saturated rings. The van der Waals surface area contributed by atoms with E-state index in [1.54, 1.807) is 6.92 Å². The van der Waals surface area contributed by atoms with Crippen LogP contribution in [0.4, 0.5) is 11.5 Å². The monoisotopic (exact) mass is 414 g/mol. The summed E-state index contributed by atoms with van der Waals surface area (Å²) in [6.07, 6.45) is 1.32. The quantitative estimate of drug-likeness (QED) is 0.373. The summed E-state index contributed by atoms with van der Waals surface area (Å²) in [6, 6.07) is 13.4. The van der Waals surface area contributed by atoms with Crippen LogP contribution in [0.5, 0.6) is 0 Å². The second kappa shape index (κ2) is 6.73. The van der Waals surface area contributed by atoms with Gasteiger partial charge in [-0.1, -0.05) is 30.3 Å². The summed E-state index contributed by atoms with van der Waals surface area (Å²) >= 11 is 1.39. The molecule has 142 valence electrons. The Morgan fingerprint density at radius 1 is 1.18 bits per heavy atom. The van der Waals surface area contributed by atoms with Gasteiger partial charge in [0.15, 0.2) is 5.82 Å². The predicted octanol–water partition coefficient (Wildman–Crippen LogP) is 4.31. The van der Waals surface area contributed by atoms with Crippen LogP contribution in [0.1, 0.15) is 5.01 Å². The highest BCUT2D eigenvalue weighted by Crippen LogP contribution is 2.35. The molecule has 0 unspecified atom stereocenters. The molecule has 28 heavy (non-hydrogen) atoms. The first kappa shape index (κ1) is 18.1. The van der Waals surface area contributed by atoms with E-state index in [0.29, 0.717) is 10.9 Å². The van der Waals surface area contributed by atoms with Gasteiger partial charge in [0.25, 0.3) is 15.7 Å². The molecule has 0 amide bonds. The molecule has 0 aliphatic carbocycles. The van der Waals surface area contributed by atoms with Crippen molar-refractivity contribution in [3.8, 4) is 10.4 Å². The predicted molar refractivity (Wildman–Crippen MR) is 108 cm³/mol. The topological polar surface area (TPSA) is 118 Å². The van der Waals surface area contributed by atoms with Crippen LogP contribution in [-0.2, 0) is 10.0 Å². The number of rotatable bonds is 5. The molecule has 0 saturated carbocycles. The van der Waals surface area contributed by atoms with Crippen molar-refractivity contribution in [2.75, 3.05) is 4.72 Å². The van der Waals surface area contributed by atoms with E-state index in [-0.39, 0.29) is 16.4 Å². The Morgan fingerprint density at radius 3 is 2.64 bits per heavy atom. The molecule has 0 aliphatic rings. The molecule has 2 aromatic heterocycles. The Bertz CT molecular complexity index is 1290. The zero-order chi connectivity index (χ0) is 19.9. The van der Waals surface area contributed by atoms with Gasteiger partial charge in [-0.2, -0.15) is 0 Å². The van der Waals surface area contributed by atoms with Crippen LogP contribution in [0.3, 0.4) is 0 Å². The molecule has 4 aromatic rings. The Balaban J connectivity index is 1.75. The third kappa shape index (κ3) is 3.23. The lowest BCUT2D eigenvalue weighted by Crippen LogP contribution is -2.13. The molecule has 4 rings (SSSR count). The van der Waals surface area contributed by atoms with Crippen molar-refractivity contribution in [3.05, 3.63) is 69.8 Å². The van der Waals surface area contributed by atoms with E-state index in [0.717, 1.165) is 15.4 Å². The highest BCUT2D eigenvalue weighted by molar-refractivity contribution is 7.93. The maximum atomic E-state index is 13.0. The van der Waals surface area contributed by atoms with Crippen LogP contribution in [0, 0.1) is 17.0 Å². The van der Waals surface area contributed by atoms with Crippen molar-refractivity contribution < 1.29 is 13.3 Å². The fourth-order valence-electron chi connectivity index (χ4n) is 2.89. The molecular formula is C18H14N4O4S2. The van der Waals surface area contributed by atoms with Crippen molar-refractivity contribution in [2.45, 2.75) is 11.8 Å². The molecule has 0 radical (unpaired) electrons. The summed E-state index contributed by atoms with van der Waals surface area (Å²) in [5, 5.41) is 12.0. The summed E-state index contributed by atoms with van der Waals surface area (Å²) in [7, 11) is -3.95. The van der Waals surface area contributed by atoms with Crippen LogP contribution < -0.4 is 4.72 Å². The van der Waals surface area contributed by atoms with Gasteiger partial charge in [-0.05, 0) is 18.6 Å². The number of anilines is 1. The molecule has 0 bridgehead atoms. The minimum absolute atomic E-state index is 0.00191. The molecule has 0 atom stereocenters. The molecule has 8 nitrogen and oxygen atoms in total.